The van der Waals surface area contributed by atoms with Gasteiger partial charge in [-0.05, 0) is 33.6 Å². The van der Waals surface area contributed by atoms with Crippen molar-refractivity contribution in [3.63, 3.8) is 0 Å². The summed E-state index contributed by atoms with van der Waals surface area (Å²) in [4.78, 5) is 14.1. The predicted octanol–water partition coefficient (Wildman–Crippen LogP) is 1.50. The van der Waals surface area contributed by atoms with Crippen molar-refractivity contribution in [1.29, 1.82) is 0 Å². The molecule has 0 unspecified atom stereocenters. The highest BCUT2D eigenvalue weighted by atomic mass is 16.6. The second-order valence-electron chi connectivity index (χ2n) is 6.71. The fourth-order valence-electron chi connectivity index (χ4n) is 2.93. The van der Waals surface area contributed by atoms with Gasteiger partial charge in [-0.15, -0.1) is 0 Å². The van der Waals surface area contributed by atoms with Gasteiger partial charge in [-0.1, -0.05) is 12.8 Å². The number of likely N-dealkylation sites (tertiary alicyclic amines) is 1. The van der Waals surface area contributed by atoms with Gasteiger partial charge in [0.05, 0.1) is 6.10 Å². The van der Waals surface area contributed by atoms with Gasteiger partial charge in [-0.3, -0.25) is 4.90 Å². The number of hydrogen-bond acceptors (Lipinski definition) is 4. The maximum atomic E-state index is 11.9. The minimum absolute atomic E-state index is 0.149. The average molecular weight is 270 g/mol. The van der Waals surface area contributed by atoms with E-state index in [1.54, 1.807) is 0 Å². The molecule has 0 aromatic heterocycles. The molecular formula is C14H26N2O3. The molecule has 0 aromatic rings. The minimum Gasteiger partial charge on any atom is -0.444 e. The summed E-state index contributed by atoms with van der Waals surface area (Å²) in [6.45, 7) is 7.08. The molecule has 1 amide bonds. The number of alkyl carbamates (subject to hydrolysis) is 1. The molecule has 2 aliphatic rings. The number of carbonyl (C=O) groups excluding carboxylic acids is 1. The molecule has 1 aliphatic heterocycles. The van der Waals surface area contributed by atoms with Crippen molar-refractivity contribution in [3.8, 4) is 0 Å². The van der Waals surface area contributed by atoms with E-state index in [0.717, 1.165) is 32.4 Å². The highest BCUT2D eigenvalue weighted by molar-refractivity contribution is 5.68. The Balaban J connectivity index is 1.87. The average Bonchev–Trinajstić information content (AvgIpc) is 2.23. The van der Waals surface area contributed by atoms with E-state index in [0.29, 0.717) is 6.04 Å². The van der Waals surface area contributed by atoms with E-state index >= 15 is 0 Å². The Morgan fingerprint density at radius 3 is 2.47 bits per heavy atom. The van der Waals surface area contributed by atoms with Crippen LogP contribution in [0.1, 0.15) is 46.5 Å². The number of nitrogens with zero attached hydrogens (tertiary/aromatic N) is 1. The number of amides is 1. The van der Waals surface area contributed by atoms with E-state index in [9.17, 15) is 9.90 Å². The van der Waals surface area contributed by atoms with Crippen LogP contribution in [0.2, 0.25) is 0 Å². The second-order valence-corrected chi connectivity index (χ2v) is 6.71. The number of aliphatic hydroxyl groups excluding tert-OH is 1. The monoisotopic (exact) mass is 270 g/mol. The van der Waals surface area contributed by atoms with E-state index in [1.165, 1.54) is 6.42 Å². The van der Waals surface area contributed by atoms with Gasteiger partial charge < -0.3 is 15.2 Å². The third-order valence-corrected chi connectivity index (χ3v) is 3.79. The molecule has 2 N–H and O–H groups in total. The van der Waals surface area contributed by atoms with Crippen LogP contribution >= 0.6 is 0 Å². The molecule has 1 aliphatic carbocycles. The summed E-state index contributed by atoms with van der Waals surface area (Å²) in [6, 6.07) is 0.501. The standard InChI is InChI=1S/C14H26N2O3/c1-14(2,3)19-13(18)15-11-6-4-5-7-12(11)16-8-10(17)9-16/h10-12,17H,4-9H2,1-3H3,(H,15,18)/t11-,12+/m1/s1. The molecule has 5 nitrogen and oxygen atoms in total. The van der Waals surface area contributed by atoms with Gasteiger partial charge in [-0.25, -0.2) is 4.79 Å². The zero-order valence-corrected chi connectivity index (χ0v) is 12.2. The zero-order valence-electron chi connectivity index (χ0n) is 12.2. The topological polar surface area (TPSA) is 61.8 Å². The molecule has 1 heterocycles. The molecule has 1 saturated heterocycles. The van der Waals surface area contributed by atoms with Gasteiger partial charge in [0.25, 0.3) is 0 Å². The van der Waals surface area contributed by atoms with Crippen molar-refractivity contribution in [3.05, 3.63) is 0 Å². The Kier molecular flexibility index (Phi) is 4.36. The molecule has 5 heteroatoms. The molecule has 19 heavy (non-hydrogen) atoms. The minimum atomic E-state index is -0.457. The summed E-state index contributed by atoms with van der Waals surface area (Å²) in [7, 11) is 0. The summed E-state index contributed by atoms with van der Waals surface area (Å²) < 4.78 is 5.32. The Labute approximate surface area is 115 Å². The molecule has 0 aromatic carbocycles. The van der Waals surface area contributed by atoms with Crippen molar-refractivity contribution < 1.29 is 14.6 Å². The SMILES string of the molecule is CC(C)(C)OC(=O)N[C@@H]1CCCC[C@@H]1N1CC(O)C1. The third-order valence-electron chi connectivity index (χ3n) is 3.79. The number of rotatable bonds is 2. The molecule has 1 saturated carbocycles. The number of carbonyl (C=O) groups is 1. The van der Waals surface area contributed by atoms with Gasteiger partial charge in [-0.2, -0.15) is 0 Å². The second kappa shape index (κ2) is 5.67. The largest absolute Gasteiger partial charge is 0.444 e. The summed E-state index contributed by atoms with van der Waals surface area (Å²) >= 11 is 0. The molecule has 110 valence electrons. The number of hydrogen-bond donors (Lipinski definition) is 2. The summed E-state index contributed by atoms with van der Waals surface area (Å²) in [6.07, 6.45) is 3.91. The van der Waals surface area contributed by atoms with Crippen LogP contribution in [0.3, 0.4) is 0 Å². The molecule has 2 atom stereocenters. The van der Waals surface area contributed by atoms with Gasteiger partial charge >= 0.3 is 6.09 Å². The molecule has 2 rings (SSSR count). The van der Waals surface area contributed by atoms with Gasteiger partial charge in [0.2, 0.25) is 0 Å². The van der Waals surface area contributed by atoms with Gasteiger partial charge in [0.1, 0.15) is 5.60 Å². The summed E-state index contributed by atoms with van der Waals surface area (Å²) in [5.41, 5.74) is -0.457. The van der Waals surface area contributed by atoms with Crippen molar-refractivity contribution in [1.82, 2.24) is 10.2 Å². The van der Waals surface area contributed by atoms with Gasteiger partial charge in [0.15, 0.2) is 0 Å². The highest BCUT2D eigenvalue weighted by Crippen LogP contribution is 2.27. The van der Waals surface area contributed by atoms with Crippen LogP contribution in [-0.2, 0) is 4.74 Å². The van der Waals surface area contributed by atoms with Crippen LogP contribution in [0.5, 0.6) is 0 Å². The first-order valence-electron chi connectivity index (χ1n) is 7.27. The van der Waals surface area contributed by atoms with Crippen LogP contribution in [-0.4, -0.2) is 53.0 Å². The summed E-state index contributed by atoms with van der Waals surface area (Å²) in [5, 5.41) is 12.4. The zero-order chi connectivity index (χ0) is 14.0. The molecule has 0 radical (unpaired) electrons. The van der Waals surface area contributed by atoms with Crippen molar-refractivity contribution in [2.45, 2.75) is 70.2 Å². The van der Waals surface area contributed by atoms with Crippen LogP contribution in [0.4, 0.5) is 4.79 Å². The maximum absolute atomic E-state index is 11.9. The molecule has 0 spiro atoms. The Bertz CT molecular complexity index is 321. The lowest BCUT2D eigenvalue weighted by Gasteiger charge is -2.47. The van der Waals surface area contributed by atoms with Crippen LogP contribution in [0.25, 0.3) is 0 Å². The van der Waals surface area contributed by atoms with E-state index in [2.05, 4.69) is 10.2 Å². The maximum Gasteiger partial charge on any atom is 0.407 e. The third kappa shape index (κ3) is 4.08. The van der Waals surface area contributed by atoms with E-state index < -0.39 is 5.60 Å². The predicted molar refractivity (Wildman–Crippen MR) is 73.0 cm³/mol. The number of β-amino-alcohol motifs (C(OH)–C–C–N with tert-alkyl or cyclic N) is 1. The van der Waals surface area contributed by atoms with Crippen molar-refractivity contribution >= 4 is 6.09 Å². The number of ether oxygens (including phenoxy) is 1. The Morgan fingerprint density at radius 1 is 1.26 bits per heavy atom. The van der Waals surface area contributed by atoms with E-state index in [1.807, 2.05) is 20.8 Å². The van der Waals surface area contributed by atoms with E-state index in [4.69, 9.17) is 4.74 Å². The number of aliphatic hydroxyl groups is 1. The molecular weight excluding hydrogens is 244 g/mol. The van der Waals surface area contributed by atoms with Crippen molar-refractivity contribution in [2.75, 3.05) is 13.1 Å². The lowest BCUT2D eigenvalue weighted by Crippen LogP contribution is -2.62. The smallest absolute Gasteiger partial charge is 0.407 e. The summed E-state index contributed by atoms with van der Waals surface area (Å²) in [5.74, 6) is 0. The van der Waals surface area contributed by atoms with Crippen molar-refractivity contribution in [2.24, 2.45) is 0 Å². The normalized spacial score (nSPS) is 29.7. The lowest BCUT2D eigenvalue weighted by atomic mass is 9.87. The van der Waals surface area contributed by atoms with Crippen LogP contribution in [0.15, 0.2) is 0 Å². The molecule has 0 bridgehead atoms. The molecule has 2 fully saturated rings. The lowest BCUT2D eigenvalue weighted by molar-refractivity contribution is -0.0427. The van der Waals surface area contributed by atoms with Crippen LogP contribution < -0.4 is 5.32 Å². The fraction of sp³-hybridized carbons (Fsp3) is 0.929. The number of nitrogens with one attached hydrogen (secondary N) is 1. The first-order valence-corrected chi connectivity index (χ1v) is 7.27. The Hall–Kier alpha value is -0.810. The first-order chi connectivity index (χ1) is 8.85. The van der Waals surface area contributed by atoms with E-state index in [-0.39, 0.29) is 18.2 Å². The fourth-order valence-corrected chi connectivity index (χ4v) is 2.93. The van der Waals surface area contributed by atoms with Gasteiger partial charge in [0, 0.05) is 25.2 Å². The highest BCUT2D eigenvalue weighted by Gasteiger charge is 2.37. The Morgan fingerprint density at radius 2 is 1.89 bits per heavy atom. The first kappa shape index (κ1) is 14.6. The quantitative estimate of drug-likeness (QED) is 0.798. The van der Waals surface area contributed by atoms with Crippen LogP contribution in [0, 0.1) is 0 Å².